The average molecular weight is 340 g/mol. The summed E-state index contributed by atoms with van der Waals surface area (Å²) in [6, 6.07) is 13.1. The van der Waals surface area contributed by atoms with E-state index in [0.717, 1.165) is 22.2 Å². The lowest BCUT2D eigenvalue weighted by Gasteiger charge is -2.07. The maximum Gasteiger partial charge on any atom is 0.277 e. The molecular weight excluding hydrogens is 326 g/mol. The molecule has 0 fully saturated rings. The number of nitrogens with one attached hydrogen (secondary N) is 1. The maximum atomic E-state index is 12.8. The van der Waals surface area contributed by atoms with Gasteiger partial charge in [0, 0.05) is 15.9 Å². The van der Waals surface area contributed by atoms with Crippen molar-refractivity contribution in [2.45, 2.75) is 6.54 Å². The van der Waals surface area contributed by atoms with E-state index >= 15 is 0 Å². The van der Waals surface area contributed by atoms with Gasteiger partial charge in [0.15, 0.2) is 0 Å². The number of aromatic amines is 1. The number of methoxy groups -OCH3 is 1. The van der Waals surface area contributed by atoms with Gasteiger partial charge in [-0.1, -0.05) is 29.8 Å². The summed E-state index contributed by atoms with van der Waals surface area (Å²) < 4.78 is 6.80. The molecule has 0 unspecified atom stereocenters. The largest absolute Gasteiger partial charge is 0.497 e. The van der Waals surface area contributed by atoms with Gasteiger partial charge in [0.2, 0.25) is 0 Å². The first kappa shape index (κ1) is 14.8. The second-order valence-electron chi connectivity index (χ2n) is 5.53. The minimum absolute atomic E-state index is 0.130. The normalized spacial score (nSPS) is 11.2. The molecule has 0 aliphatic carbocycles. The van der Waals surface area contributed by atoms with Crippen LogP contribution in [0.25, 0.3) is 21.9 Å². The summed E-state index contributed by atoms with van der Waals surface area (Å²) in [7, 11) is 1.61. The number of hydrogen-bond donors (Lipinski definition) is 1. The van der Waals surface area contributed by atoms with E-state index in [-0.39, 0.29) is 5.56 Å². The number of halogens is 1. The molecule has 0 aliphatic heterocycles. The van der Waals surface area contributed by atoms with Gasteiger partial charge in [-0.15, -0.1) is 0 Å². The Morgan fingerprint density at radius 2 is 2.08 bits per heavy atom. The van der Waals surface area contributed by atoms with E-state index in [1.165, 1.54) is 0 Å². The van der Waals surface area contributed by atoms with Crippen LogP contribution in [0.4, 0.5) is 0 Å². The molecule has 0 aliphatic rings. The van der Waals surface area contributed by atoms with Gasteiger partial charge < -0.3 is 9.72 Å². The van der Waals surface area contributed by atoms with Gasteiger partial charge in [0.05, 0.1) is 20.0 Å². The van der Waals surface area contributed by atoms with Gasteiger partial charge in [-0.05, 0) is 29.8 Å². The zero-order valence-electron chi connectivity index (χ0n) is 12.9. The number of ether oxygens (including phenoxy) is 1. The van der Waals surface area contributed by atoms with Crippen LogP contribution in [0.15, 0.2) is 53.6 Å². The molecule has 0 saturated heterocycles. The number of fused-ring (bicyclic) bond motifs is 3. The zero-order chi connectivity index (χ0) is 16.7. The molecule has 6 heteroatoms. The molecule has 2 aromatic heterocycles. The highest BCUT2D eigenvalue weighted by atomic mass is 35.5. The summed E-state index contributed by atoms with van der Waals surface area (Å²) in [5, 5.41) is 1.50. The number of benzene rings is 2. The maximum absolute atomic E-state index is 12.8. The molecule has 24 heavy (non-hydrogen) atoms. The molecule has 0 bridgehead atoms. The van der Waals surface area contributed by atoms with Gasteiger partial charge in [-0.25, -0.2) is 4.98 Å². The van der Waals surface area contributed by atoms with Crippen molar-refractivity contribution in [1.82, 2.24) is 14.5 Å². The van der Waals surface area contributed by atoms with Gasteiger partial charge in [0.1, 0.15) is 16.8 Å². The van der Waals surface area contributed by atoms with Crippen LogP contribution < -0.4 is 10.3 Å². The molecule has 0 saturated carbocycles. The van der Waals surface area contributed by atoms with Crippen molar-refractivity contribution in [2.75, 3.05) is 7.11 Å². The number of aromatic nitrogens is 3. The van der Waals surface area contributed by atoms with E-state index in [1.54, 1.807) is 18.0 Å². The van der Waals surface area contributed by atoms with E-state index < -0.39 is 0 Å². The lowest BCUT2D eigenvalue weighted by Crippen LogP contribution is -2.21. The van der Waals surface area contributed by atoms with Crippen molar-refractivity contribution in [1.29, 1.82) is 0 Å². The Labute approximate surface area is 142 Å². The van der Waals surface area contributed by atoms with Crippen LogP contribution >= 0.6 is 11.6 Å². The monoisotopic (exact) mass is 339 g/mol. The van der Waals surface area contributed by atoms with Gasteiger partial charge in [-0.2, -0.15) is 0 Å². The van der Waals surface area contributed by atoms with E-state index in [1.807, 2.05) is 42.5 Å². The lowest BCUT2D eigenvalue weighted by molar-refractivity contribution is 0.415. The fraction of sp³-hybridized carbons (Fsp3) is 0.111. The molecule has 0 atom stereocenters. The van der Waals surface area contributed by atoms with Crippen LogP contribution in [0.5, 0.6) is 5.75 Å². The van der Waals surface area contributed by atoms with Crippen molar-refractivity contribution in [3.8, 4) is 5.75 Å². The first-order valence-electron chi connectivity index (χ1n) is 7.45. The number of H-pyrrole nitrogens is 1. The van der Waals surface area contributed by atoms with Crippen LogP contribution in [0, 0.1) is 0 Å². The Morgan fingerprint density at radius 3 is 2.88 bits per heavy atom. The third kappa shape index (κ3) is 2.34. The molecular formula is C18H14ClN3O2. The second-order valence-corrected chi connectivity index (χ2v) is 5.94. The Morgan fingerprint density at radius 1 is 1.25 bits per heavy atom. The predicted octanol–water partition coefficient (Wildman–Crippen LogP) is 3.59. The van der Waals surface area contributed by atoms with Crippen molar-refractivity contribution in [3.63, 3.8) is 0 Å². The fourth-order valence-corrected chi connectivity index (χ4v) is 3.01. The summed E-state index contributed by atoms with van der Waals surface area (Å²) in [5.41, 5.74) is 2.72. The topological polar surface area (TPSA) is 59.9 Å². The van der Waals surface area contributed by atoms with E-state index in [2.05, 4.69) is 9.97 Å². The second kappa shape index (κ2) is 5.69. The van der Waals surface area contributed by atoms with Crippen LogP contribution in [0.3, 0.4) is 0 Å². The SMILES string of the molecule is COc1ccc2[nH]c3c(=O)n(Cc4ccccc4Cl)cnc3c2c1. The van der Waals surface area contributed by atoms with Gasteiger partial charge in [-0.3, -0.25) is 9.36 Å². The van der Waals surface area contributed by atoms with Crippen molar-refractivity contribution in [3.05, 3.63) is 69.7 Å². The number of rotatable bonds is 3. The van der Waals surface area contributed by atoms with E-state index in [9.17, 15) is 4.79 Å². The zero-order valence-corrected chi connectivity index (χ0v) is 13.7. The number of hydrogen-bond acceptors (Lipinski definition) is 3. The Bertz CT molecular complexity index is 1110. The molecule has 4 rings (SSSR count). The van der Waals surface area contributed by atoms with Gasteiger partial charge >= 0.3 is 0 Å². The smallest absolute Gasteiger partial charge is 0.277 e. The van der Waals surface area contributed by atoms with Crippen molar-refractivity contribution < 1.29 is 4.74 Å². The predicted molar refractivity (Wildman–Crippen MR) is 95.0 cm³/mol. The highest BCUT2D eigenvalue weighted by molar-refractivity contribution is 6.31. The first-order valence-corrected chi connectivity index (χ1v) is 7.83. The Hall–Kier alpha value is -2.79. The molecule has 2 aromatic carbocycles. The quantitative estimate of drug-likeness (QED) is 0.620. The third-order valence-corrected chi connectivity index (χ3v) is 4.45. The molecule has 120 valence electrons. The van der Waals surface area contributed by atoms with Crippen molar-refractivity contribution in [2.24, 2.45) is 0 Å². The third-order valence-electron chi connectivity index (χ3n) is 4.08. The van der Waals surface area contributed by atoms with E-state index in [4.69, 9.17) is 16.3 Å². The summed E-state index contributed by atoms with van der Waals surface area (Å²) in [4.78, 5) is 20.4. The molecule has 0 radical (unpaired) electrons. The van der Waals surface area contributed by atoms with Crippen LogP contribution in [0.2, 0.25) is 5.02 Å². The summed E-state index contributed by atoms with van der Waals surface area (Å²) in [5.74, 6) is 0.727. The molecule has 4 aromatic rings. The summed E-state index contributed by atoms with van der Waals surface area (Å²) in [6.07, 6.45) is 1.56. The molecule has 5 nitrogen and oxygen atoms in total. The lowest BCUT2D eigenvalue weighted by atomic mass is 10.2. The first-order chi connectivity index (χ1) is 11.7. The minimum Gasteiger partial charge on any atom is -0.497 e. The van der Waals surface area contributed by atoms with Gasteiger partial charge in [0.25, 0.3) is 5.56 Å². The van der Waals surface area contributed by atoms with Crippen LogP contribution in [0.1, 0.15) is 5.56 Å². The standard InChI is InChI=1S/C18H14ClN3O2/c1-24-12-6-7-15-13(8-12)16-17(21-15)18(23)22(10-20-16)9-11-4-2-3-5-14(11)19/h2-8,10,21H,9H2,1H3. The average Bonchev–Trinajstić information content (AvgIpc) is 2.97. The van der Waals surface area contributed by atoms with Crippen LogP contribution in [-0.4, -0.2) is 21.6 Å². The Kier molecular flexibility index (Phi) is 3.50. The molecule has 0 spiro atoms. The number of nitrogens with zero attached hydrogens (tertiary/aromatic N) is 2. The summed E-state index contributed by atoms with van der Waals surface area (Å²) in [6.45, 7) is 0.375. The summed E-state index contributed by atoms with van der Waals surface area (Å²) >= 11 is 6.18. The highest BCUT2D eigenvalue weighted by Gasteiger charge is 2.12. The molecule has 0 amide bonds. The van der Waals surface area contributed by atoms with Crippen molar-refractivity contribution >= 4 is 33.5 Å². The van der Waals surface area contributed by atoms with Crippen LogP contribution in [-0.2, 0) is 6.54 Å². The minimum atomic E-state index is -0.130. The Balaban J connectivity index is 1.88. The van der Waals surface area contributed by atoms with E-state index in [0.29, 0.717) is 22.6 Å². The molecule has 2 heterocycles. The fourth-order valence-electron chi connectivity index (χ4n) is 2.82. The molecule has 1 N–H and O–H groups in total. The highest BCUT2D eigenvalue weighted by Crippen LogP contribution is 2.25.